The minimum absolute atomic E-state index is 0. The zero-order valence-corrected chi connectivity index (χ0v) is 14.2. The molecular formula is C16H27ClN2O2. The summed E-state index contributed by atoms with van der Waals surface area (Å²) in [5.41, 5.74) is 6.80. The Balaban J connectivity index is 0.00000400. The van der Waals surface area contributed by atoms with E-state index in [1.165, 1.54) is 0 Å². The molecule has 0 spiro atoms. The Hall–Kier alpha value is -1.26. The number of nitrogens with zero attached hydrogens (tertiary/aromatic N) is 1. The number of amides is 1. The summed E-state index contributed by atoms with van der Waals surface area (Å²) in [5.74, 6) is 0.990. The van der Waals surface area contributed by atoms with Crippen LogP contribution in [0.3, 0.4) is 0 Å². The van der Waals surface area contributed by atoms with E-state index in [1.807, 2.05) is 31.3 Å². The Morgan fingerprint density at radius 3 is 2.33 bits per heavy atom. The molecule has 5 heteroatoms. The number of hydrogen-bond acceptors (Lipinski definition) is 3. The summed E-state index contributed by atoms with van der Waals surface area (Å²) in [6.07, 6.45) is 1.26. The number of rotatable bonds is 7. The first-order valence-electron chi connectivity index (χ1n) is 6.95. The molecule has 0 bridgehead atoms. The van der Waals surface area contributed by atoms with Crippen LogP contribution in [0, 0.1) is 5.41 Å². The van der Waals surface area contributed by atoms with Gasteiger partial charge in [0.2, 0.25) is 5.91 Å². The van der Waals surface area contributed by atoms with Crippen molar-refractivity contribution in [2.75, 3.05) is 27.2 Å². The molecule has 0 radical (unpaired) electrons. The number of nitrogens with two attached hydrogens (primary N) is 1. The average Bonchev–Trinajstić information content (AvgIpc) is 2.44. The second kappa shape index (κ2) is 8.90. The third-order valence-electron chi connectivity index (χ3n) is 3.43. The number of benzene rings is 1. The van der Waals surface area contributed by atoms with E-state index in [2.05, 4.69) is 13.8 Å². The SMILES string of the molecule is COc1ccc(CCC(=O)N(C)CC(C)(C)CN)cc1.Cl. The van der Waals surface area contributed by atoms with Crippen LogP contribution in [-0.4, -0.2) is 38.1 Å². The summed E-state index contributed by atoms with van der Waals surface area (Å²) in [6.45, 7) is 5.40. The lowest BCUT2D eigenvalue weighted by atomic mass is 9.93. The van der Waals surface area contributed by atoms with Crippen molar-refractivity contribution < 1.29 is 9.53 Å². The summed E-state index contributed by atoms with van der Waals surface area (Å²) in [7, 11) is 3.49. The summed E-state index contributed by atoms with van der Waals surface area (Å²) < 4.78 is 5.11. The summed E-state index contributed by atoms with van der Waals surface area (Å²) in [5, 5.41) is 0. The van der Waals surface area contributed by atoms with Crippen molar-refractivity contribution >= 4 is 18.3 Å². The zero-order chi connectivity index (χ0) is 15.2. The normalized spacial score (nSPS) is 10.7. The van der Waals surface area contributed by atoms with Crippen LogP contribution in [0.15, 0.2) is 24.3 Å². The van der Waals surface area contributed by atoms with E-state index in [-0.39, 0.29) is 23.7 Å². The highest BCUT2D eigenvalue weighted by atomic mass is 35.5. The van der Waals surface area contributed by atoms with Crippen LogP contribution in [0.1, 0.15) is 25.8 Å². The Morgan fingerprint density at radius 1 is 1.29 bits per heavy atom. The molecule has 21 heavy (non-hydrogen) atoms. The van der Waals surface area contributed by atoms with Gasteiger partial charge in [0.05, 0.1) is 7.11 Å². The van der Waals surface area contributed by atoms with Crippen LogP contribution >= 0.6 is 12.4 Å². The topological polar surface area (TPSA) is 55.6 Å². The molecule has 0 aromatic heterocycles. The summed E-state index contributed by atoms with van der Waals surface area (Å²) >= 11 is 0. The van der Waals surface area contributed by atoms with Gasteiger partial charge in [-0.1, -0.05) is 26.0 Å². The highest BCUT2D eigenvalue weighted by molar-refractivity contribution is 5.85. The van der Waals surface area contributed by atoms with Gasteiger partial charge in [0.25, 0.3) is 0 Å². The van der Waals surface area contributed by atoms with Gasteiger partial charge in [-0.3, -0.25) is 4.79 Å². The van der Waals surface area contributed by atoms with E-state index in [1.54, 1.807) is 12.0 Å². The van der Waals surface area contributed by atoms with E-state index in [0.717, 1.165) is 17.7 Å². The fourth-order valence-corrected chi connectivity index (χ4v) is 2.03. The average molecular weight is 315 g/mol. The quantitative estimate of drug-likeness (QED) is 0.841. The van der Waals surface area contributed by atoms with E-state index < -0.39 is 0 Å². The van der Waals surface area contributed by atoms with Crippen molar-refractivity contribution in [3.63, 3.8) is 0 Å². The predicted octanol–water partition coefficient (Wildman–Crippen LogP) is 2.49. The molecule has 2 N–H and O–H groups in total. The molecule has 0 fully saturated rings. The van der Waals surface area contributed by atoms with E-state index in [0.29, 0.717) is 19.5 Å². The smallest absolute Gasteiger partial charge is 0.222 e. The fourth-order valence-electron chi connectivity index (χ4n) is 2.03. The predicted molar refractivity (Wildman–Crippen MR) is 89.0 cm³/mol. The highest BCUT2D eigenvalue weighted by Crippen LogP contribution is 2.16. The molecule has 0 atom stereocenters. The summed E-state index contributed by atoms with van der Waals surface area (Å²) in [6, 6.07) is 7.83. The molecule has 0 saturated heterocycles. The largest absolute Gasteiger partial charge is 0.497 e. The third kappa shape index (κ3) is 6.82. The second-order valence-electron chi connectivity index (χ2n) is 5.97. The second-order valence-corrected chi connectivity index (χ2v) is 5.97. The van der Waals surface area contributed by atoms with Gasteiger partial charge >= 0.3 is 0 Å². The molecule has 1 rings (SSSR count). The molecule has 0 heterocycles. The first-order valence-corrected chi connectivity index (χ1v) is 6.95. The molecule has 120 valence electrons. The van der Waals surface area contributed by atoms with Gasteiger partial charge < -0.3 is 15.4 Å². The first-order chi connectivity index (χ1) is 9.38. The van der Waals surface area contributed by atoms with Crippen LogP contribution in [0.5, 0.6) is 5.75 Å². The maximum Gasteiger partial charge on any atom is 0.222 e. The molecule has 0 aliphatic carbocycles. The van der Waals surface area contributed by atoms with Crippen LogP contribution in [-0.2, 0) is 11.2 Å². The fraction of sp³-hybridized carbons (Fsp3) is 0.562. The molecule has 0 unspecified atom stereocenters. The lowest BCUT2D eigenvalue weighted by Gasteiger charge is -2.29. The first kappa shape index (κ1) is 19.7. The molecule has 1 aromatic rings. The molecule has 4 nitrogen and oxygen atoms in total. The molecule has 0 aliphatic rings. The van der Waals surface area contributed by atoms with Crippen LogP contribution in [0.25, 0.3) is 0 Å². The van der Waals surface area contributed by atoms with Gasteiger partial charge in [-0.05, 0) is 36.1 Å². The number of carbonyl (C=O) groups is 1. The van der Waals surface area contributed by atoms with Gasteiger partial charge in [0.15, 0.2) is 0 Å². The van der Waals surface area contributed by atoms with Gasteiger partial charge in [0, 0.05) is 20.0 Å². The van der Waals surface area contributed by atoms with Crippen molar-refractivity contribution in [3.8, 4) is 5.75 Å². The van der Waals surface area contributed by atoms with Crippen molar-refractivity contribution in [2.45, 2.75) is 26.7 Å². The lowest BCUT2D eigenvalue weighted by molar-refractivity contribution is -0.131. The van der Waals surface area contributed by atoms with Crippen LogP contribution in [0.2, 0.25) is 0 Å². The maximum atomic E-state index is 12.1. The zero-order valence-electron chi connectivity index (χ0n) is 13.4. The number of ether oxygens (including phenoxy) is 1. The van der Waals surface area contributed by atoms with Crippen LogP contribution < -0.4 is 10.5 Å². The van der Waals surface area contributed by atoms with E-state index in [4.69, 9.17) is 10.5 Å². The maximum absolute atomic E-state index is 12.1. The number of aryl methyl sites for hydroxylation is 1. The van der Waals surface area contributed by atoms with Crippen LogP contribution in [0.4, 0.5) is 0 Å². The molecule has 1 amide bonds. The molecular weight excluding hydrogens is 288 g/mol. The number of halogens is 1. The monoisotopic (exact) mass is 314 g/mol. The Morgan fingerprint density at radius 2 is 1.86 bits per heavy atom. The van der Waals surface area contributed by atoms with Crippen molar-refractivity contribution in [1.82, 2.24) is 4.90 Å². The third-order valence-corrected chi connectivity index (χ3v) is 3.43. The Bertz CT molecular complexity index is 432. The van der Waals surface area contributed by atoms with Crippen molar-refractivity contribution in [3.05, 3.63) is 29.8 Å². The van der Waals surface area contributed by atoms with E-state index in [9.17, 15) is 4.79 Å². The van der Waals surface area contributed by atoms with Gasteiger partial charge in [-0.25, -0.2) is 0 Å². The Kier molecular flexibility index (Phi) is 8.37. The summed E-state index contributed by atoms with van der Waals surface area (Å²) in [4.78, 5) is 13.9. The molecule has 0 aliphatic heterocycles. The molecule has 0 saturated carbocycles. The van der Waals surface area contributed by atoms with Gasteiger partial charge in [-0.2, -0.15) is 0 Å². The Labute approximate surface area is 134 Å². The minimum atomic E-state index is -0.0372. The van der Waals surface area contributed by atoms with Crippen molar-refractivity contribution in [2.24, 2.45) is 11.1 Å². The van der Waals surface area contributed by atoms with Gasteiger partial charge in [0.1, 0.15) is 5.75 Å². The van der Waals surface area contributed by atoms with E-state index >= 15 is 0 Å². The van der Waals surface area contributed by atoms with Crippen molar-refractivity contribution in [1.29, 1.82) is 0 Å². The number of methoxy groups -OCH3 is 1. The number of carbonyl (C=O) groups excluding carboxylic acids is 1. The molecule has 1 aromatic carbocycles. The minimum Gasteiger partial charge on any atom is -0.497 e. The number of hydrogen-bond donors (Lipinski definition) is 1. The standard InChI is InChI=1S/C16H26N2O2.ClH/c1-16(2,11-17)12-18(3)15(19)10-7-13-5-8-14(20-4)9-6-13;/h5-6,8-9H,7,10-12,17H2,1-4H3;1H. The van der Waals surface area contributed by atoms with Gasteiger partial charge in [-0.15, -0.1) is 12.4 Å². The lowest BCUT2D eigenvalue weighted by Crippen LogP contribution is -2.39. The highest BCUT2D eigenvalue weighted by Gasteiger charge is 2.20.